The highest BCUT2D eigenvalue weighted by molar-refractivity contribution is 7.98. The van der Waals surface area contributed by atoms with Crippen LogP contribution in [0, 0.1) is 0 Å². The first-order chi connectivity index (χ1) is 11.0. The third-order valence-corrected chi connectivity index (χ3v) is 5.25. The van der Waals surface area contributed by atoms with Gasteiger partial charge < -0.3 is 4.57 Å². The Morgan fingerprint density at radius 2 is 1.61 bits per heavy atom. The molecule has 0 aliphatic heterocycles. The zero-order valence-corrected chi connectivity index (χ0v) is 14.1. The van der Waals surface area contributed by atoms with E-state index in [0.717, 1.165) is 16.9 Å². The maximum absolute atomic E-state index is 11.4. The van der Waals surface area contributed by atoms with Crippen molar-refractivity contribution in [1.82, 2.24) is 4.57 Å². The Hall–Kier alpha value is -2.02. The van der Waals surface area contributed by atoms with E-state index in [1.54, 1.807) is 23.9 Å². The van der Waals surface area contributed by atoms with Gasteiger partial charge in [0.15, 0.2) is 0 Å². The number of hydrogen-bond donors (Lipinski definition) is 1. The van der Waals surface area contributed by atoms with Crippen molar-refractivity contribution in [2.24, 2.45) is 5.14 Å². The minimum atomic E-state index is -3.67. The lowest BCUT2D eigenvalue weighted by atomic mass is 10.1. The molecule has 118 valence electrons. The highest BCUT2D eigenvalue weighted by Gasteiger charge is 2.10. The predicted octanol–water partition coefficient (Wildman–Crippen LogP) is 3.51. The van der Waals surface area contributed by atoms with Crippen LogP contribution in [0.25, 0.3) is 16.9 Å². The topological polar surface area (TPSA) is 65.1 Å². The molecule has 0 bridgehead atoms. The normalized spacial score (nSPS) is 11.6. The Morgan fingerprint density at radius 3 is 2.17 bits per heavy atom. The summed E-state index contributed by atoms with van der Waals surface area (Å²) < 4.78 is 24.8. The molecule has 0 amide bonds. The Bertz CT molecular complexity index is 912. The zero-order valence-electron chi connectivity index (χ0n) is 12.5. The molecule has 0 saturated carbocycles. The molecule has 6 heteroatoms. The van der Waals surface area contributed by atoms with Crippen LogP contribution >= 0.6 is 11.8 Å². The molecular weight excluding hydrogens is 328 g/mol. The van der Waals surface area contributed by atoms with Gasteiger partial charge in [-0.1, -0.05) is 12.1 Å². The summed E-state index contributed by atoms with van der Waals surface area (Å²) in [5, 5.41) is 5.14. The van der Waals surface area contributed by atoms with E-state index in [2.05, 4.69) is 28.8 Å². The summed E-state index contributed by atoms with van der Waals surface area (Å²) in [6.45, 7) is 0. The first-order valence-electron chi connectivity index (χ1n) is 6.94. The number of sulfonamides is 1. The maximum atomic E-state index is 11.4. The largest absolute Gasteiger partial charge is 0.317 e. The SMILES string of the molecule is CSc1ccc(-n2cccc2-c2ccc(S(N)(=O)=O)cc2)cc1. The van der Waals surface area contributed by atoms with Crippen LogP contribution in [0.15, 0.2) is 76.7 Å². The zero-order chi connectivity index (χ0) is 16.4. The fourth-order valence-electron chi connectivity index (χ4n) is 2.40. The number of hydrogen-bond acceptors (Lipinski definition) is 3. The van der Waals surface area contributed by atoms with Crippen molar-refractivity contribution in [1.29, 1.82) is 0 Å². The van der Waals surface area contributed by atoms with Crippen LogP contribution in [0.4, 0.5) is 0 Å². The minimum absolute atomic E-state index is 0.115. The van der Waals surface area contributed by atoms with Crippen molar-refractivity contribution in [2.75, 3.05) is 6.26 Å². The van der Waals surface area contributed by atoms with E-state index in [0.29, 0.717) is 0 Å². The summed E-state index contributed by atoms with van der Waals surface area (Å²) in [5.41, 5.74) is 2.97. The van der Waals surface area contributed by atoms with Gasteiger partial charge in [-0.15, -0.1) is 11.8 Å². The summed E-state index contributed by atoms with van der Waals surface area (Å²) >= 11 is 1.70. The van der Waals surface area contributed by atoms with Crippen LogP contribution in [-0.2, 0) is 10.0 Å². The first kappa shape index (κ1) is 15.9. The van der Waals surface area contributed by atoms with Crippen molar-refractivity contribution >= 4 is 21.8 Å². The van der Waals surface area contributed by atoms with Crippen molar-refractivity contribution in [3.05, 3.63) is 66.9 Å². The third kappa shape index (κ3) is 3.34. The van der Waals surface area contributed by atoms with Crippen molar-refractivity contribution < 1.29 is 8.42 Å². The lowest BCUT2D eigenvalue weighted by Gasteiger charge is -2.10. The van der Waals surface area contributed by atoms with Crippen molar-refractivity contribution in [2.45, 2.75) is 9.79 Å². The van der Waals surface area contributed by atoms with E-state index in [1.165, 1.54) is 17.0 Å². The molecule has 0 aliphatic carbocycles. The number of aromatic nitrogens is 1. The summed E-state index contributed by atoms with van der Waals surface area (Å²) in [6, 6.07) is 18.8. The number of benzene rings is 2. The summed E-state index contributed by atoms with van der Waals surface area (Å²) in [7, 11) is -3.67. The molecule has 0 saturated heterocycles. The van der Waals surface area contributed by atoms with E-state index >= 15 is 0 Å². The molecule has 0 aliphatic rings. The number of nitrogens with two attached hydrogens (primary N) is 1. The predicted molar refractivity (Wildman–Crippen MR) is 94.4 cm³/mol. The Balaban J connectivity index is 2.00. The smallest absolute Gasteiger partial charge is 0.238 e. The lowest BCUT2D eigenvalue weighted by Crippen LogP contribution is -2.11. The van der Waals surface area contributed by atoms with E-state index in [-0.39, 0.29) is 4.90 Å². The van der Waals surface area contributed by atoms with Crippen molar-refractivity contribution in [3.8, 4) is 16.9 Å². The van der Waals surface area contributed by atoms with Gasteiger partial charge in [0.1, 0.15) is 0 Å². The van der Waals surface area contributed by atoms with Crippen LogP contribution in [0.1, 0.15) is 0 Å². The van der Waals surface area contributed by atoms with Gasteiger partial charge in [0.2, 0.25) is 10.0 Å². The molecule has 2 aromatic carbocycles. The molecule has 0 atom stereocenters. The molecule has 1 aromatic heterocycles. The summed E-state index contributed by atoms with van der Waals surface area (Å²) in [6.07, 6.45) is 4.03. The number of nitrogens with zero attached hydrogens (tertiary/aromatic N) is 1. The second-order valence-corrected chi connectivity index (χ2v) is 7.47. The molecule has 23 heavy (non-hydrogen) atoms. The van der Waals surface area contributed by atoms with Gasteiger partial charge in [-0.25, -0.2) is 13.6 Å². The van der Waals surface area contributed by atoms with Crippen LogP contribution in [0.5, 0.6) is 0 Å². The maximum Gasteiger partial charge on any atom is 0.238 e. The molecule has 0 spiro atoms. The standard InChI is InChI=1S/C17H16N2O2S2/c1-22-15-8-6-14(7-9-15)19-12-2-3-17(19)13-4-10-16(11-5-13)23(18,20)21/h2-12H,1H3,(H2,18,20,21). The fraction of sp³-hybridized carbons (Fsp3) is 0.0588. The number of thioether (sulfide) groups is 1. The minimum Gasteiger partial charge on any atom is -0.317 e. The average molecular weight is 344 g/mol. The lowest BCUT2D eigenvalue weighted by molar-refractivity contribution is 0.598. The second kappa shape index (κ2) is 6.23. The molecule has 4 nitrogen and oxygen atoms in total. The van der Waals surface area contributed by atoms with Gasteiger partial charge in [-0.05, 0) is 60.4 Å². The molecule has 2 N–H and O–H groups in total. The van der Waals surface area contributed by atoms with Crippen molar-refractivity contribution in [3.63, 3.8) is 0 Å². The molecule has 1 heterocycles. The Labute approximate surface area is 140 Å². The summed E-state index contributed by atoms with van der Waals surface area (Å²) in [4.78, 5) is 1.32. The Morgan fingerprint density at radius 1 is 0.957 bits per heavy atom. The fourth-order valence-corrected chi connectivity index (χ4v) is 3.32. The highest BCUT2D eigenvalue weighted by Crippen LogP contribution is 2.26. The van der Waals surface area contributed by atoms with Gasteiger partial charge in [0.25, 0.3) is 0 Å². The van der Waals surface area contributed by atoms with Crippen LogP contribution in [0.3, 0.4) is 0 Å². The average Bonchev–Trinajstić information content (AvgIpc) is 3.04. The second-order valence-electron chi connectivity index (χ2n) is 5.03. The first-order valence-corrected chi connectivity index (χ1v) is 9.71. The van der Waals surface area contributed by atoms with Crippen LogP contribution in [0.2, 0.25) is 0 Å². The molecule has 0 fully saturated rings. The van der Waals surface area contributed by atoms with Gasteiger partial charge in [0, 0.05) is 16.8 Å². The third-order valence-electron chi connectivity index (χ3n) is 3.58. The van der Waals surface area contributed by atoms with E-state index in [1.807, 2.05) is 24.6 Å². The summed E-state index contributed by atoms with van der Waals surface area (Å²) in [5.74, 6) is 0. The molecule has 0 radical (unpaired) electrons. The van der Waals surface area contributed by atoms with Gasteiger partial charge in [-0.3, -0.25) is 0 Å². The highest BCUT2D eigenvalue weighted by atomic mass is 32.2. The molecule has 3 rings (SSSR count). The van der Waals surface area contributed by atoms with Crippen LogP contribution in [-0.4, -0.2) is 19.2 Å². The van der Waals surface area contributed by atoms with Gasteiger partial charge >= 0.3 is 0 Å². The molecular formula is C17H16N2O2S2. The van der Waals surface area contributed by atoms with E-state index in [9.17, 15) is 8.42 Å². The number of rotatable bonds is 4. The Kier molecular flexibility index (Phi) is 4.30. The quantitative estimate of drug-likeness (QED) is 0.737. The van der Waals surface area contributed by atoms with Gasteiger partial charge in [0.05, 0.1) is 10.6 Å². The van der Waals surface area contributed by atoms with Crippen LogP contribution < -0.4 is 5.14 Å². The van der Waals surface area contributed by atoms with E-state index < -0.39 is 10.0 Å². The number of primary sulfonamides is 1. The molecule has 0 unspecified atom stereocenters. The van der Waals surface area contributed by atoms with Gasteiger partial charge in [-0.2, -0.15) is 0 Å². The molecule has 3 aromatic rings. The monoisotopic (exact) mass is 344 g/mol. The van der Waals surface area contributed by atoms with E-state index in [4.69, 9.17) is 5.14 Å².